The zero-order valence-electron chi connectivity index (χ0n) is 6.60. The molecule has 0 aliphatic heterocycles. The van der Waals surface area contributed by atoms with Gasteiger partial charge in [0.15, 0.2) is 0 Å². The van der Waals surface area contributed by atoms with Gasteiger partial charge in [-0.1, -0.05) is 0 Å². The molecule has 0 rings (SSSR count). The van der Waals surface area contributed by atoms with E-state index in [1.807, 2.05) is 0 Å². The maximum Gasteiger partial charge on any atom is 0.448 e. The Kier molecular flexibility index (Phi) is 12.2. The third-order valence-corrected chi connectivity index (χ3v) is 0.415. The van der Waals surface area contributed by atoms with E-state index in [1.54, 1.807) is 0 Å². The van der Waals surface area contributed by atoms with Gasteiger partial charge in [0.25, 0.3) is 5.83 Å². The molecule has 0 amide bonds. The molecule has 0 fully saturated rings. The summed E-state index contributed by atoms with van der Waals surface area (Å²) in [6, 6.07) is 0. The monoisotopic (exact) mass is 206 g/mol. The minimum absolute atomic E-state index is 3.00. The van der Waals surface area contributed by atoms with Gasteiger partial charge < -0.3 is 0 Å². The van der Waals surface area contributed by atoms with E-state index in [0.29, 0.717) is 0 Å². The fraction of sp³-hybridized carbons (Fsp3) is 0.143. The van der Waals surface area contributed by atoms with Crippen LogP contribution in [-0.2, 0) is 0 Å². The molecule has 6 heteroatoms. The van der Waals surface area contributed by atoms with Gasteiger partial charge in [0.05, 0.1) is 0 Å². The molecule has 0 heterocycles. The second-order valence-electron chi connectivity index (χ2n) is 1.07. The quantitative estimate of drug-likeness (QED) is 0.411. The molecule has 0 N–H and O–H groups in total. The van der Waals surface area contributed by atoms with E-state index in [2.05, 4.69) is 26.3 Å². The minimum atomic E-state index is -5.56. The highest BCUT2D eigenvalue weighted by molar-refractivity contribution is 4.98. The van der Waals surface area contributed by atoms with Crippen LogP contribution in [0.4, 0.5) is 26.3 Å². The van der Waals surface area contributed by atoms with Crippen LogP contribution in [0.5, 0.6) is 0 Å². The Morgan fingerprint density at radius 3 is 1.00 bits per heavy atom. The van der Waals surface area contributed by atoms with Crippen molar-refractivity contribution in [2.45, 2.75) is 6.18 Å². The molecule has 78 valence electrons. The maximum atomic E-state index is 11.0. The first kappa shape index (κ1) is 17.8. The summed E-state index contributed by atoms with van der Waals surface area (Å²) in [4.78, 5) is 0. The van der Waals surface area contributed by atoms with Crippen molar-refractivity contribution >= 4 is 0 Å². The molecule has 0 aromatic carbocycles. The van der Waals surface area contributed by atoms with Gasteiger partial charge in [-0.05, 0) is 0 Å². The molecular weight excluding hydrogens is 198 g/mol. The van der Waals surface area contributed by atoms with Crippen molar-refractivity contribution in [1.29, 1.82) is 0 Å². The van der Waals surface area contributed by atoms with Crippen molar-refractivity contribution in [1.82, 2.24) is 0 Å². The molecule has 0 spiro atoms. The zero-order chi connectivity index (χ0) is 11.7. The van der Waals surface area contributed by atoms with E-state index in [0.717, 1.165) is 0 Å². The van der Waals surface area contributed by atoms with Gasteiger partial charge in [0.2, 0.25) is 0 Å². The summed E-state index contributed by atoms with van der Waals surface area (Å²) in [6.07, 6.45) is -8.90. The lowest BCUT2D eigenvalue weighted by Gasteiger charge is -1.98. The largest absolute Gasteiger partial charge is 0.448 e. The van der Waals surface area contributed by atoms with Gasteiger partial charge in [-0.25, -0.2) is 0 Å². The SMILES string of the molecule is C=C.C=C.FC(F)=C(F)C(F)(F)F. The molecule has 0 saturated heterocycles. The Labute approximate surface area is 71.9 Å². The lowest BCUT2D eigenvalue weighted by atomic mass is 10.6. The van der Waals surface area contributed by atoms with E-state index in [9.17, 15) is 26.3 Å². The van der Waals surface area contributed by atoms with Crippen molar-refractivity contribution in [2.75, 3.05) is 0 Å². The molecule has 0 unspecified atom stereocenters. The van der Waals surface area contributed by atoms with E-state index in [4.69, 9.17) is 0 Å². The number of allylic oxidation sites excluding steroid dienone is 1. The predicted octanol–water partition coefficient (Wildman–Crippen LogP) is 4.23. The van der Waals surface area contributed by atoms with Gasteiger partial charge in [0.1, 0.15) is 0 Å². The van der Waals surface area contributed by atoms with E-state index >= 15 is 0 Å². The first-order chi connectivity index (χ1) is 5.85. The highest BCUT2D eigenvalue weighted by Crippen LogP contribution is 2.29. The van der Waals surface area contributed by atoms with Crippen LogP contribution in [0.2, 0.25) is 0 Å². The fourth-order valence-corrected chi connectivity index (χ4v) is 0.107. The van der Waals surface area contributed by atoms with Gasteiger partial charge in [0, 0.05) is 0 Å². The molecule has 0 bridgehead atoms. The predicted molar refractivity (Wildman–Crippen MR) is 38.9 cm³/mol. The van der Waals surface area contributed by atoms with E-state index in [-0.39, 0.29) is 0 Å². The second kappa shape index (κ2) is 8.89. The summed E-state index contributed by atoms with van der Waals surface area (Å²) >= 11 is 0. The molecule has 0 aromatic rings. The highest BCUT2D eigenvalue weighted by Gasteiger charge is 2.38. The van der Waals surface area contributed by atoms with E-state index in [1.165, 1.54) is 0 Å². The summed E-state index contributed by atoms with van der Waals surface area (Å²) in [5, 5.41) is 0. The summed E-state index contributed by atoms with van der Waals surface area (Å²) in [6.45, 7) is 12.0. The minimum Gasteiger partial charge on any atom is -0.196 e. The van der Waals surface area contributed by atoms with Crippen LogP contribution >= 0.6 is 0 Å². The summed E-state index contributed by atoms with van der Waals surface area (Å²) in [7, 11) is 0. The van der Waals surface area contributed by atoms with Gasteiger partial charge in [-0.3, -0.25) is 0 Å². The lowest BCUT2D eigenvalue weighted by Crippen LogP contribution is -2.08. The van der Waals surface area contributed by atoms with Crippen molar-refractivity contribution < 1.29 is 26.3 Å². The second-order valence-corrected chi connectivity index (χ2v) is 1.07. The standard InChI is InChI=1S/C3F6.2C2H4/c4-1(2(5)6)3(7,8)9;2*1-2/h;2*1-2H2. The number of hydrogen-bond acceptors (Lipinski definition) is 0. The average Bonchev–Trinajstić information content (AvgIpc) is 2.08. The summed E-state index contributed by atoms with van der Waals surface area (Å²) in [5.74, 6) is -3.33. The van der Waals surface area contributed by atoms with Crippen LogP contribution in [0.15, 0.2) is 38.2 Å². The molecule has 0 aliphatic carbocycles. The normalized spacial score (nSPS) is 8.46. The first-order valence-electron chi connectivity index (χ1n) is 2.63. The lowest BCUT2D eigenvalue weighted by molar-refractivity contribution is -0.113. The van der Waals surface area contributed by atoms with Crippen LogP contribution in [0.1, 0.15) is 0 Å². The number of rotatable bonds is 0. The Hall–Kier alpha value is -1.20. The van der Waals surface area contributed by atoms with Gasteiger partial charge >= 0.3 is 12.3 Å². The Morgan fingerprint density at radius 1 is 0.769 bits per heavy atom. The third kappa shape index (κ3) is 10.8. The Balaban J connectivity index is -0.000000218. The maximum absolute atomic E-state index is 11.0. The molecule has 0 nitrogen and oxygen atoms in total. The van der Waals surface area contributed by atoms with Crippen LogP contribution < -0.4 is 0 Å². The molecule has 0 radical (unpaired) electrons. The molecule has 0 atom stereocenters. The van der Waals surface area contributed by atoms with E-state index < -0.39 is 18.1 Å². The Bertz CT molecular complexity index is 151. The van der Waals surface area contributed by atoms with Gasteiger partial charge in [-0.2, -0.15) is 26.3 Å². The highest BCUT2D eigenvalue weighted by atomic mass is 19.4. The topological polar surface area (TPSA) is 0 Å². The van der Waals surface area contributed by atoms with Crippen molar-refractivity contribution in [3.63, 3.8) is 0 Å². The van der Waals surface area contributed by atoms with Crippen molar-refractivity contribution in [3.05, 3.63) is 38.2 Å². The molecule has 0 aliphatic rings. The summed E-state index contributed by atoms with van der Waals surface area (Å²) < 4.78 is 64.8. The average molecular weight is 206 g/mol. The number of alkyl halides is 3. The van der Waals surface area contributed by atoms with Crippen LogP contribution in [0, 0.1) is 0 Å². The van der Waals surface area contributed by atoms with Crippen LogP contribution in [0.25, 0.3) is 0 Å². The number of hydrogen-bond donors (Lipinski definition) is 0. The molecule has 0 saturated carbocycles. The number of halogens is 6. The zero-order valence-corrected chi connectivity index (χ0v) is 6.60. The Morgan fingerprint density at radius 2 is 1.00 bits per heavy atom. The van der Waals surface area contributed by atoms with Crippen LogP contribution in [0.3, 0.4) is 0 Å². The molecule has 0 aromatic heterocycles. The molecule has 13 heavy (non-hydrogen) atoms. The first-order valence-corrected chi connectivity index (χ1v) is 2.63. The third-order valence-electron chi connectivity index (χ3n) is 0.415. The van der Waals surface area contributed by atoms with Gasteiger partial charge in [-0.15, -0.1) is 26.3 Å². The van der Waals surface area contributed by atoms with Crippen molar-refractivity contribution in [3.8, 4) is 0 Å². The summed E-state index contributed by atoms with van der Waals surface area (Å²) in [5.41, 5.74) is 0. The van der Waals surface area contributed by atoms with Crippen molar-refractivity contribution in [2.24, 2.45) is 0 Å². The smallest absolute Gasteiger partial charge is 0.196 e. The van der Waals surface area contributed by atoms with Crippen LogP contribution in [-0.4, -0.2) is 6.18 Å². The fourth-order valence-electron chi connectivity index (χ4n) is 0.107. The molecular formula is C7H8F6.